The molecule has 0 aliphatic carbocycles. The fourth-order valence-corrected chi connectivity index (χ4v) is 4.21. The number of halogens is 1. The molecule has 7 heteroatoms. The SMILES string of the molecule is CNC(=O)N1N=C(c2ccc(Cl)cc2)c2ccc(N3CCN(C)CC3)cc2CC1C. The Hall–Kier alpha value is -2.57. The molecule has 0 saturated carbocycles. The highest BCUT2D eigenvalue weighted by Crippen LogP contribution is 2.28. The molecule has 0 bridgehead atoms. The Bertz CT molecular complexity index is 951. The number of piperazine rings is 1. The van der Waals surface area contributed by atoms with Gasteiger partial charge < -0.3 is 15.1 Å². The maximum absolute atomic E-state index is 12.5. The van der Waals surface area contributed by atoms with Crippen LogP contribution in [0.2, 0.25) is 5.02 Å². The number of benzene rings is 2. The van der Waals surface area contributed by atoms with Crippen LogP contribution in [0.25, 0.3) is 0 Å². The molecule has 2 aliphatic rings. The monoisotopic (exact) mass is 425 g/mol. The summed E-state index contributed by atoms with van der Waals surface area (Å²) >= 11 is 6.10. The second-order valence-corrected chi connectivity index (χ2v) is 8.48. The van der Waals surface area contributed by atoms with E-state index in [1.54, 1.807) is 12.1 Å². The highest BCUT2D eigenvalue weighted by Gasteiger charge is 2.27. The normalized spacial score (nSPS) is 19.7. The lowest BCUT2D eigenvalue weighted by atomic mass is 9.94. The van der Waals surface area contributed by atoms with Gasteiger partial charge in [-0.25, -0.2) is 9.80 Å². The summed E-state index contributed by atoms with van der Waals surface area (Å²) in [4.78, 5) is 17.3. The average Bonchev–Trinajstić information content (AvgIpc) is 2.90. The number of anilines is 1. The van der Waals surface area contributed by atoms with Gasteiger partial charge >= 0.3 is 6.03 Å². The number of carbonyl (C=O) groups is 1. The van der Waals surface area contributed by atoms with E-state index in [4.69, 9.17) is 16.7 Å². The van der Waals surface area contributed by atoms with E-state index < -0.39 is 0 Å². The predicted molar refractivity (Wildman–Crippen MR) is 123 cm³/mol. The maximum atomic E-state index is 12.5. The van der Waals surface area contributed by atoms with Gasteiger partial charge in [0.05, 0.1) is 11.8 Å². The van der Waals surface area contributed by atoms with Crippen molar-refractivity contribution in [3.8, 4) is 0 Å². The van der Waals surface area contributed by atoms with Crippen LogP contribution in [-0.2, 0) is 6.42 Å². The van der Waals surface area contributed by atoms with E-state index in [1.165, 1.54) is 11.3 Å². The van der Waals surface area contributed by atoms with Crippen molar-refractivity contribution < 1.29 is 4.79 Å². The van der Waals surface area contributed by atoms with Crippen molar-refractivity contribution >= 4 is 29.0 Å². The molecule has 30 heavy (non-hydrogen) atoms. The third kappa shape index (κ3) is 4.16. The molecule has 1 fully saturated rings. The number of nitrogens with one attached hydrogen (secondary N) is 1. The number of hydrazone groups is 1. The van der Waals surface area contributed by atoms with Gasteiger partial charge in [-0.05, 0) is 50.2 Å². The minimum Gasteiger partial charge on any atom is -0.369 e. The van der Waals surface area contributed by atoms with E-state index in [9.17, 15) is 4.79 Å². The molecule has 0 aromatic heterocycles. The van der Waals surface area contributed by atoms with Crippen molar-refractivity contribution in [2.45, 2.75) is 19.4 Å². The molecule has 0 spiro atoms. The molecule has 2 aromatic rings. The lowest BCUT2D eigenvalue weighted by Gasteiger charge is -2.34. The summed E-state index contributed by atoms with van der Waals surface area (Å²) in [5.74, 6) is 0. The Labute approximate surface area is 183 Å². The number of hydrogen-bond donors (Lipinski definition) is 1. The van der Waals surface area contributed by atoms with Crippen molar-refractivity contribution in [3.05, 3.63) is 64.2 Å². The zero-order valence-electron chi connectivity index (χ0n) is 17.7. The number of urea groups is 1. The molecular weight excluding hydrogens is 398 g/mol. The van der Waals surface area contributed by atoms with Crippen molar-refractivity contribution in [2.24, 2.45) is 5.10 Å². The summed E-state index contributed by atoms with van der Waals surface area (Å²) in [5, 5.41) is 9.74. The molecule has 0 radical (unpaired) electrons. The molecule has 1 unspecified atom stereocenters. The predicted octanol–water partition coefficient (Wildman–Crippen LogP) is 3.43. The summed E-state index contributed by atoms with van der Waals surface area (Å²) in [6.07, 6.45) is 0.741. The fraction of sp³-hybridized carbons (Fsp3) is 0.391. The van der Waals surface area contributed by atoms with Gasteiger partial charge in [-0.1, -0.05) is 29.8 Å². The van der Waals surface area contributed by atoms with Gasteiger partial charge in [-0.3, -0.25) is 0 Å². The Morgan fingerprint density at radius 3 is 2.47 bits per heavy atom. The first-order valence-corrected chi connectivity index (χ1v) is 10.8. The number of rotatable bonds is 2. The molecule has 1 atom stereocenters. The molecule has 158 valence electrons. The number of carbonyl (C=O) groups excluding carboxylic acids is 1. The lowest BCUT2D eigenvalue weighted by molar-refractivity contribution is 0.184. The molecule has 6 nitrogen and oxygen atoms in total. The second-order valence-electron chi connectivity index (χ2n) is 8.04. The zero-order chi connectivity index (χ0) is 21.3. The second kappa shape index (κ2) is 8.66. The van der Waals surface area contributed by atoms with Crippen LogP contribution in [0.1, 0.15) is 23.6 Å². The zero-order valence-corrected chi connectivity index (χ0v) is 18.5. The molecule has 1 saturated heterocycles. The average molecular weight is 426 g/mol. The molecule has 1 N–H and O–H groups in total. The van der Waals surface area contributed by atoms with Crippen LogP contribution in [0.5, 0.6) is 0 Å². The summed E-state index contributed by atoms with van der Waals surface area (Å²) in [7, 11) is 3.80. The van der Waals surface area contributed by atoms with Crippen LogP contribution in [0.4, 0.5) is 10.5 Å². The van der Waals surface area contributed by atoms with Gasteiger partial charge in [0.15, 0.2) is 0 Å². The number of amides is 2. The van der Waals surface area contributed by atoms with E-state index in [1.807, 2.05) is 31.2 Å². The Balaban J connectivity index is 1.77. The van der Waals surface area contributed by atoms with E-state index in [0.29, 0.717) is 5.02 Å². The van der Waals surface area contributed by atoms with Crippen molar-refractivity contribution in [3.63, 3.8) is 0 Å². The van der Waals surface area contributed by atoms with Crippen LogP contribution in [0, 0.1) is 0 Å². The highest BCUT2D eigenvalue weighted by atomic mass is 35.5. The minimum atomic E-state index is -0.207. The summed E-state index contributed by atoms with van der Waals surface area (Å²) < 4.78 is 0. The number of likely N-dealkylation sites (N-methyl/N-ethyl adjacent to an activating group) is 1. The smallest absolute Gasteiger partial charge is 0.337 e. The van der Waals surface area contributed by atoms with Gasteiger partial charge in [0.1, 0.15) is 0 Å². The molecule has 2 aliphatic heterocycles. The fourth-order valence-electron chi connectivity index (χ4n) is 4.09. The standard InChI is InChI=1S/C23H28ClN5O/c1-16-14-18-15-20(28-12-10-27(3)11-13-28)8-9-21(18)22(26-29(16)23(30)25-2)17-4-6-19(24)7-5-17/h4-9,15-16H,10-14H2,1-3H3,(H,25,30). The van der Waals surface area contributed by atoms with E-state index in [-0.39, 0.29) is 12.1 Å². The van der Waals surface area contributed by atoms with Gasteiger partial charge in [-0.2, -0.15) is 5.10 Å². The maximum Gasteiger partial charge on any atom is 0.337 e. The van der Waals surface area contributed by atoms with Crippen molar-refractivity contribution in [1.82, 2.24) is 15.2 Å². The molecule has 2 heterocycles. The largest absolute Gasteiger partial charge is 0.369 e. The van der Waals surface area contributed by atoms with Crippen LogP contribution >= 0.6 is 11.6 Å². The van der Waals surface area contributed by atoms with Crippen LogP contribution < -0.4 is 10.2 Å². The van der Waals surface area contributed by atoms with Crippen LogP contribution in [-0.4, -0.2) is 68.0 Å². The molecular formula is C23H28ClN5O. The summed E-state index contributed by atoms with van der Waals surface area (Å²) in [6.45, 7) is 6.21. The van der Waals surface area contributed by atoms with E-state index in [0.717, 1.165) is 49.4 Å². The third-order valence-corrected chi connectivity index (χ3v) is 6.14. The van der Waals surface area contributed by atoms with Crippen LogP contribution in [0.15, 0.2) is 47.6 Å². The topological polar surface area (TPSA) is 51.2 Å². The molecule has 2 aromatic carbocycles. The van der Waals surface area contributed by atoms with Crippen LogP contribution in [0.3, 0.4) is 0 Å². The number of nitrogens with zero attached hydrogens (tertiary/aromatic N) is 4. The molecule has 4 rings (SSSR count). The quantitative estimate of drug-likeness (QED) is 0.802. The summed E-state index contributed by atoms with van der Waals surface area (Å²) in [6, 6.07) is 14.0. The Morgan fingerprint density at radius 1 is 1.10 bits per heavy atom. The van der Waals surface area contributed by atoms with E-state index in [2.05, 4.69) is 40.4 Å². The Morgan fingerprint density at radius 2 is 1.80 bits per heavy atom. The summed E-state index contributed by atoms with van der Waals surface area (Å²) in [5.41, 5.74) is 5.24. The van der Waals surface area contributed by atoms with Crippen molar-refractivity contribution in [2.75, 3.05) is 45.2 Å². The first-order valence-electron chi connectivity index (χ1n) is 10.4. The lowest BCUT2D eigenvalue weighted by Crippen LogP contribution is -2.44. The minimum absolute atomic E-state index is 0.0590. The number of hydrogen-bond acceptors (Lipinski definition) is 4. The van der Waals surface area contributed by atoms with E-state index >= 15 is 0 Å². The van der Waals surface area contributed by atoms with Crippen molar-refractivity contribution in [1.29, 1.82) is 0 Å². The number of fused-ring (bicyclic) bond motifs is 1. The molecule has 2 amide bonds. The highest BCUT2D eigenvalue weighted by molar-refractivity contribution is 6.30. The third-order valence-electron chi connectivity index (χ3n) is 5.89. The van der Waals surface area contributed by atoms with Gasteiger partial charge in [0.25, 0.3) is 0 Å². The first-order chi connectivity index (χ1) is 14.5. The van der Waals surface area contributed by atoms with Gasteiger partial charge in [0, 0.05) is 55.1 Å². The first kappa shape index (κ1) is 20.7. The van der Waals surface area contributed by atoms with Gasteiger partial charge in [-0.15, -0.1) is 0 Å². The Kier molecular flexibility index (Phi) is 5.97. The van der Waals surface area contributed by atoms with Gasteiger partial charge in [0.2, 0.25) is 0 Å².